The second-order valence-corrected chi connectivity index (χ2v) is 15.1. The number of aliphatic hydroxyl groups is 2. The van der Waals surface area contributed by atoms with E-state index in [9.17, 15) is 20.3 Å². The SMILES string of the molecule is CC1=CCCC2(C)C(CCC2(O)CSc2nc(C)cc(C)c2C#N)c2ccc(cc2C(=O)c2ccc(C)s2)CC(O)CC1. The molecule has 226 valence electrons. The Morgan fingerprint density at radius 3 is 2.65 bits per heavy atom. The van der Waals surface area contributed by atoms with Crippen molar-refractivity contribution in [1.82, 2.24) is 4.98 Å². The van der Waals surface area contributed by atoms with Crippen molar-refractivity contribution in [3.63, 3.8) is 0 Å². The topological polar surface area (TPSA) is 94.2 Å². The highest BCUT2D eigenvalue weighted by Gasteiger charge is 2.56. The molecule has 6 rings (SSSR count). The third-order valence-electron chi connectivity index (χ3n) is 9.75. The Labute approximate surface area is 264 Å². The average molecular weight is 615 g/mol. The van der Waals surface area contributed by atoms with Crippen LogP contribution >= 0.6 is 23.1 Å². The van der Waals surface area contributed by atoms with E-state index in [0.717, 1.165) is 52.9 Å². The average Bonchev–Trinajstić information content (AvgIpc) is 3.50. The molecule has 0 amide bonds. The highest BCUT2D eigenvalue weighted by Crippen LogP contribution is 2.59. The number of nitriles is 1. The predicted molar refractivity (Wildman–Crippen MR) is 175 cm³/mol. The number of allylic oxidation sites excluding steroid dienone is 2. The number of ketones is 1. The number of thiophene rings is 1. The van der Waals surface area contributed by atoms with E-state index in [2.05, 4.69) is 43.1 Å². The van der Waals surface area contributed by atoms with Crippen LogP contribution in [0.5, 0.6) is 0 Å². The van der Waals surface area contributed by atoms with Gasteiger partial charge in [0, 0.05) is 27.3 Å². The summed E-state index contributed by atoms with van der Waals surface area (Å²) in [6, 6.07) is 14.3. The number of nitrogens with zero attached hydrogens (tertiary/aromatic N) is 2. The minimum Gasteiger partial charge on any atom is -0.393 e. The van der Waals surface area contributed by atoms with Crippen molar-refractivity contribution in [2.45, 2.75) is 102 Å². The fraction of sp³-hybridized carbons (Fsp3) is 0.472. The molecule has 2 aromatic heterocycles. The zero-order valence-corrected chi connectivity index (χ0v) is 27.5. The Hall–Kier alpha value is -2.76. The summed E-state index contributed by atoms with van der Waals surface area (Å²) >= 11 is 2.98. The number of aromatic nitrogens is 1. The van der Waals surface area contributed by atoms with E-state index in [0.29, 0.717) is 46.0 Å². The van der Waals surface area contributed by atoms with Crippen LogP contribution in [0.25, 0.3) is 0 Å². The lowest BCUT2D eigenvalue weighted by Crippen LogP contribution is -2.46. The molecule has 3 aliphatic carbocycles. The third-order valence-corrected chi connectivity index (χ3v) is 11.9. The van der Waals surface area contributed by atoms with Crippen LogP contribution in [0.2, 0.25) is 0 Å². The standard InChI is InChI=1S/C36H42N2O3S2/c1-22-7-6-15-35(5)31(14-16-36(35,41)21-42-34-30(20-37)23(2)17-24(3)38-34)28-12-10-26(18-27(39)11-8-22)19-29(28)33(40)32-13-9-25(4)43-32/h7,9-10,12-13,17,19,27,31,39,41H,6,8,11,14-16,18,21H2,1-5H3. The van der Waals surface area contributed by atoms with Crippen LogP contribution in [-0.2, 0) is 6.42 Å². The fourth-order valence-corrected chi connectivity index (χ4v) is 9.32. The Morgan fingerprint density at radius 2 is 1.93 bits per heavy atom. The Morgan fingerprint density at radius 1 is 1.14 bits per heavy atom. The van der Waals surface area contributed by atoms with Gasteiger partial charge in [0.15, 0.2) is 0 Å². The number of aryl methyl sites for hydroxylation is 3. The van der Waals surface area contributed by atoms with E-state index >= 15 is 0 Å². The molecule has 1 saturated carbocycles. The number of fused-ring (bicyclic) bond motifs is 8. The smallest absolute Gasteiger partial charge is 0.203 e. The largest absolute Gasteiger partial charge is 0.393 e. The van der Waals surface area contributed by atoms with E-state index in [-0.39, 0.29) is 11.7 Å². The summed E-state index contributed by atoms with van der Waals surface area (Å²) in [6.07, 6.45) is 6.69. The zero-order valence-electron chi connectivity index (χ0n) is 25.9. The molecule has 2 heterocycles. The van der Waals surface area contributed by atoms with Crippen LogP contribution < -0.4 is 0 Å². The lowest BCUT2D eigenvalue weighted by Gasteiger charge is -2.44. The molecule has 3 aliphatic rings. The Bertz CT molecular complexity index is 1600. The number of hydrogen-bond donors (Lipinski definition) is 2. The fourth-order valence-electron chi connectivity index (χ4n) is 7.09. The summed E-state index contributed by atoms with van der Waals surface area (Å²) in [5, 5.41) is 33.9. The molecule has 43 heavy (non-hydrogen) atoms. The number of carbonyl (C=O) groups excluding carboxylic acids is 1. The van der Waals surface area contributed by atoms with Crippen LogP contribution in [0.1, 0.15) is 106 Å². The van der Waals surface area contributed by atoms with Crippen molar-refractivity contribution < 1.29 is 15.0 Å². The predicted octanol–water partition coefficient (Wildman–Crippen LogP) is 8.00. The summed E-state index contributed by atoms with van der Waals surface area (Å²) < 4.78 is 0. The molecule has 1 aromatic carbocycles. The molecule has 7 heteroatoms. The molecule has 1 fully saturated rings. The zero-order chi connectivity index (χ0) is 30.9. The summed E-state index contributed by atoms with van der Waals surface area (Å²) in [5.74, 6) is 0.402. The molecule has 5 nitrogen and oxygen atoms in total. The van der Waals surface area contributed by atoms with Crippen molar-refractivity contribution in [2.75, 3.05) is 5.75 Å². The van der Waals surface area contributed by atoms with Gasteiger partial charge in [-0.1, -0.05) is 30.7 Å². The van der Waals surface area contributed by atoms with Crippen LogP contribution in [-0.4, -0.2) is 38.4 Å². The first kappa shape index (κ1) is 31.7. The van der Waals surface area contributed by atoms with E-state index in [1.54, 1.807) is 0 Å². The first-order valence-corrected chi connectivity index (χ1v) is 17.1. The maximum Gasteiger partial charge on any atom is 0.203 e. The van der Waals surface area contributed by atoms with Gasteiger partial charge < -0.3 is 10.2 Å². The maximum atomic E-state index is 14.1. The number of carbonyl (C=O) groups is 1. The van der Waals surface area contributed by atoms with Gasteiger partial charge in [-0.15, -0.1) is 23.1 Å². The first-order chi connectivity index (χ1) is 20.4. The van der Waals surface area contributed by atoms with Gasteiger partial charge in [0.2, 0.25) is 5.78 Å². The lowest BCUT2D eigenvalue weighted by atomic mass is 9.65. The normalized spacial score (nSPS) is 26.0. The van der Waals surface area contributed by atoms with Gasteiger partial charge in [-0.2, -0.15) is 5.26 Å². The summed E-state index contributed by atoms with van der Waals surface area (Å²) in [5.41, 5.74) is 4.66. The second-order valence-electron chi connectivity index (χ2n) is 12.8. The van der Waals surface area contributed by atoms with E-state index < -0.39 is 17.1 Å². The highest BCUT2D eigenvalue weighted by molar-refractivity contribution is 7.99. The molecule has 0 spiro atoms. The highest BCUT2D eigenvalue weighted by atomic mass is 32.2. The molecule has 3 aromatic rings. The van der Waals surface area contributed by atoms with Crippen molar-refractivity contribution in [2.24, 2.45) is 5.41 Å². The number of benzene rings is 1. The van der Waals surface area contributed by atoms with Crippen LogP contribution in [0.4, 0.5) is 0 Å². The van der Waals surface area contributed by atoms with Crippen LogP contribution in [0, 0.1) is 37.5 Å². The second kappa shape index (κ2) is 12.7. The van der Waals surface area contributed by atoms with Crippen molar-refractivity contribution in [3.05, 3.63) is 91.3 Å². The van der Waals surface area contributed by atoms with Gasteiger partial charge in [-0.05, 0) is 120 Å². The first-order valence-electron chi connectivity index (χ1n) is 15.3. The number of thioether (sulfide) groups is 1. The minimum atomic E-state index is -1.03. The number of hydrogen-bond acceptors (Lipinski definition) is 7. The van der Waals surface area contributed by atoms with Gasteiger partial charge in [-0.3, -0.25) is 4.79 Å². The maximum absolute atomic E-state index is 14.1. The van der Waals surface area contributed by atoms with Crippen LogP contribution in [0.3, 0.4) is 0 Å². The Balaban J connectivity index is 1.58. The summed E-state index contributed by atoms with van der Waals surface area (Å²) in [4.78, 5) is 20.5. The minimum absolute atomic E-state index is 0.0116. The number of rotatable bonds is 5. The van der Waals surface area contributed by atoms with E-state index in [1.807, 2.05) is 45.0 Å². The molecular formula is C36H42N2O3S2. The molecule has 2 N–H and O–H groups in total. The quantitative estimate of drug-likeness (QED) is 0.172. The van der Waals surface area contributed by atoms with Gasteiger partial charge in [0.25, 0.3) is 0 Å². The van der Waals surface area contributed by atoms with Gasteiger partial charge >= 0.3 is 0 Å². The van der Waals surface area contributed by atoms with Gasteiger partial charge in [0.05, 0.1) is 22.1 Å². The summed E-state index contributed by atoms with van der Waals surface area (Å²) in [7, 11) is 0. The van der Waals surface area contributed by atoms with Gasteiger partial charge in [-0.25, -0.2) is 4.98 Å². The third kappa shape index (κ3) is 6.40. The monoisotopic (exact) mass is 614 g/mol. The van der Waals surface area contributed by atoms with Crippen molar-refractivity contribution >= 4 is 28.9 Å². The van der Waals surface area contributed by atoms with E-state index in [1.165, 1.54) is 28.7 Å². The van der Waals surface area contributed by atoms with Crippen LogP contribution in [0.15, 0.2) is 53.1 Å². The number of pyridine rings is 1. The van der Waals surface area contributed by atoms with Crippen molar-refractivity contribution in [1.29, 1.82) is 5.26 Å². The summed E-state index contributed by atoms with van der Waals surface area (Å²) in [6.45, 7) is 10.2. The molecule has 0 radical (unpaired) electrons. The van der Waals surface area contributed by atoms with Crippen molar-refractivity contribution in [3.8, 4) is 6.07 Å². The lowest BCUT2D eigenvalue weighted by molar-refractivity contribution is -0.0422. The Kier molecular flexibility index (Phi) is 9.34. The molecule has 0 saturated heterocycles. The molecule has 2 bridgehead atoms. The molecular weight excluding hydrogens is 573 g/mol. The molecule has 4 unspecified atom stereocenters. The molecule has 4 atom stereocenters. The number of aliphatic hydroxyl groups excluding tert-OH is 1. The molecule has 0 aliphatic heterocycles. The van der Waals surface area contributed by atoms with E-state index in [4.69, 9.17) is 0 Å². The van der Waals surface area contributed by atoms with Gasteiger partial charge in [0.1, 0.15) is 11.1 Å².